The maximum absolute atomic E-state index is 10.6. The molecule has 0 saturated heterocycles. The van der Waals surface area contributed by atoms with Gasteiger partial charge in [0, 0.05) is 6.54 Å². The molecule has 0 aliphatic rings. The molecule has 1 rings (SSSR count). The summed E-state index contributed by atoms with van der Waals surface area (Å²) in [7, 11) is 1.68. The number of nitrogens with one attached hydrogen (secondary N) is 1. The van der Waals surface area contributed by atoms with Crippen molar-refractivity contribution in [3.8, 4) is 5.75 Å². The van der Waals surface area contributed by atoms with Crippen LogP contribution >= 0.6 is 0 Å². The zero-order chi connectivity index (χ0) is 12.8. The molecule has 0 heterocycles. The van der Waals surface area contributed by atoms with Gasteiger partial charge in [-0.15, -0.1) is 0 Å². The first-order valence-electron chi connectivity index (χ1n) is 5.74. The van der Waals surface area contributed by atoms with E-state index in [1.165, 1.54) is 11.1 Å². The Hall–Kier alpha value is -1.71. The van der Waals surface area contributed by atoms with E-state index in [1.807, 2.05) is 12.1 Å². The number of amides is 2. The number of hydrogen-bond acceptors (Lipinski definition) is 2. The van der Waals surface area contributed by atoms with Crippen molar-refractivity contribution in [2.75, 3.05) is 13.7 Å². The summed E-state index contributed by atoms with van der Waals surface area (Å²) in [5.74, 6) is 1.32. The molecule has 0 radical (unpaired) electrons. The van der Waals surface area contributed by atoms with E-state index in [-0.39, 0.29) is 0 Å². The molecular weight excluding hydrogens is 216 g/mol. The maximum Gasteiger partial charge on any atom is 0.312 e. The fourth-order valence-corrected chi connectivity index (χ4v) is 1.72. The van der Waals surface area contributed by atoms with Crippen LogP contribution in [0.4, 0.5) is 4.79 Å². The first-order chi connectivity index (χ1) is 8.04. The van der Waals surface area contributed by atoms with Crippen molar-refractivity contribution in [2.45, 2.75) is 26.2 Å². The summed E-state index contributed by atoms with van der Waals surface area (Å²) in [5.41, 5.74) is 7.36. The van der Waals surface area contributed by atoms with Crippen molar-refractivity contribution in [1.82, 2.24) is 5.32 Å². The van der Waals surface area contributed by atoms with E-state index in [4.69, 9.17) is 10.5 Å². The Morgan fingerprint density at radius 2 is 2.18 bits per heavy atom. The number of benzene rings is 1. The zero-order valence-electron chi connectivity index (χ0n) is 10.6. The highest BCUT2D eigenvalue weighted by Gasteiger charge is 2.08. The van der Waals surface area contributed by atoms with Gasteiger partial charge in [0.15, 0.2) is 0 Å². The lowest BCUT2D eigenvalue weighted by molar-refractivity contribution is 0.249. The van der Waals surface area contributed by atoms with E-state index in [0.29, 0.717) is 12.5 Å². The fraction of sp³-hybridized carbons (Fsp3) is 0.462. The number of hydrogen-bond donors (Lipinski definition) is 2. The van der Waals surface area contributed by atoms with Crippen LogP contribution in [0.3, 0.4) is 0 Å². The van der Waals surface area contributed by atoms with Crippen LogP contribution in [0.1, 0.15) is 30.9 Å². The molecule has 1 aromatic carbocycles. The van der Waals surface area contributed by atoms with Crippen molar-refractivity contribution in [2.24, 2.45) is 5.73 Å². The van der Waals surface area contributed by atoms with Gasteiger partial charge in [-0.3, -0.25) is 0 Å². The lowest BCUT2D eigenvalue weighted by Gasteiger charge is -2.13. The summed E-state index contributed by atoms with van der Waals surface area (Å²) in [6, 6.07) is 5.61. The van der Waals surface area contributed by atoms with Gasteiger partial charge in [0.05, 0.1) is 7.11 Å². The molecule has 1 aromatic rings. The number of urea groups is 1. The summed E-state index contributed by atoms with van der Waals surface area (Å²) in [4.78, 5) is 10.6. The third-order valence-corrected chi connectivity index (χ3v) is 2.63. The summed E-state index contributed by atoms with van der Waals surface area (Å²) in [5, 5.41) is 2.58. The summed E-state index contributed by atoms with van der Waals surface area (Å²) in [6.07, 6.45) is 0.770. The lowest BCUT2D eigenvalue weighted by Crippen LogP contribution is -2.30. The number of carbonyl (C=O) groups excluding carboxylic acids is 1. The molecule has 0 aliphatic heterocycles. The molecule has 0 unspecified atom stereocenters. The molecule has 4 heteroatoms. The van der Waals surface area contributed by atoms with Crippen LogP contribution < -0.4 is 15.8 Å². The van der Waals surface area contributed by atoms with Crippen LogP contribution in [0.2, 0.25) is 0 Å². The van der Waals surface area contributed by atoms with E-state index >= 15 is 0 Å². The van der Waals surface area contributed by atoms with E-state index < -0.39 is 6.03 Å². The normalized spacial score (nSPS) is 10.4. The Kier molecular flexibility index (Phi) is 4.82. The Balaban J connectivity index is 2.74. The molecular formula is C13H20N2O2. The predicted molar refractivity (Wildman–Crippen MR) is 68.4 cm³/mol. The monoisotopic (exact) mass is 236 g/mol. The van der Waals surface area contributed by atoms with Gasteiger partial charge in [-0.1, -0.05) is 26.0 Å². The Bertz CT molecular complexity index is 389. The van der Waals surface area contributed by atoms with Crippen LogP contribution in [-0.4, -0.2) is 19.7 Å². The van der Waals surface area contributed by atoms with Gasteiger partial charge in [0.25, 0.3) is 0 Å². The average Bonchev–Trinajstić information content (AvgIpc) is 2.28. The number of methoxy groups -OCH3 is 1. The molecule has 0 aromatic heterocycles. The predicted octanol–water partition coefficient (Wildman–Crippen LogP) is 2.03. The van der Waals surface area contributed by atoms with Crippen LogP contribution in [0.5, 0.6) is 5.75 Å². The Labute approximate surface area is 102 Å². The number of carbonyl (C=O) groups is 1. The average molecular weight is 236 g/mol. The molecule has 0 saturated carbocycles. The van der Waals surface area contributed by atoms with Crippen LogP contribution in [-0.2, 0) is 6.42 Å². The van der Waals surface area contributed by atoms with Gasteiger partial charge >= 0.3 is 6.03 Å². The molecule has 0 bridgehead atoms. The highest BCUT2D eigenvalue weighted by atomic mass is 16.5. The van der Waals surface area contributed by atoms with Crippen molar-refractivity contribution in [3.05, 3.63) is 29.3 Å². The molecule has 0 aliphatic carbocycles. The maximum atomic E-state index is 10.6. The molecule has 3 N–H and O–H groups in total. The van der Waals surface area contributed by atoms with E-state index in [2.05, 4.69) is 25.2 Å². The summed E-state index contributed by atoms with van der Waals surface area (Å²) >= 11 is 0. The minimum absolute atomic E-state index is 0.411. The second-order valence-corrected chi connectivity index (χ2v) is 4.27. The highest BCUT2D eigenvalue weighted by molar-refractivity contribution is 5.71. The second-order valence-electron chi connectivity index (χ2n) is 4.27. The summed E-state index contributed by atoms with van der Waals surface area (Å²) in [6.45, 7) is 4.81. The van der Waals surface area contributed by atoms with E-state index in [0.717, 1.165) is 12.2 Å². The minimum atomic E-state index is -0.484. The van der Waals surface area contributed by atoms with Crippen molar-refractivity contribution in [3.63, 3.8) is 0 Å². The van der Waals surface area contributed by atoms with Gasteiger partial charge < -0.3 is 15.8 Å². The second kappa shape index (κ2) is 6.13. The molecule has 0 fully saturated rings. The number of primary amides is 1. The molecule has 94 valence electrons. The molecule has 17 heavy (non-hydrogen) atoms. The van der Waals surface area contributed by atoms with Gasteiger partial charge in [-0.25, -0.2) is 4.79 Å². The largest absolute Gasteiger partial charge is 0.496 e. The van der Waals surface area contributed by atoms with E-state index in [9.17, 15) is 4.79 Å². The van der Waals surface area contributed by atoms with Crippen molar-refractivity contribution >= 4 is 6.03 Å². The summed E-state index contributed by atoms with van der Waals surface area (Å²) < 4.78 is 5.31. The third-order valence-electron chi connectivity index (χ3n) is 2.63. The molecule has 4 nitrogen and oxygen atoms in total. The van der Waals surface area contributed by atoms with Gasteiger partial charge in [-0.2, -0.15) is 0 Å². The zero-order valence-corrected chi connectivity index (χ0v) is 10.6. The van der Waals surface area contributed by atoms with Gasteiger partial charge in [0.1, 0.15) is 5.75 Å². The molecule has 0 spiro atoms. The quantitative estimate of drug-likeness (QED) is 0.821. The SMILES string of the molecule is COc1ccc(CCNC(N)=O)cc1C(C)C. The fourth-order valence-electron chi connectivity index (χ4n) is 1.72. The smallest absolute Gasteiger partial charge is 0.312 e. The first-order valence-corrected chi connectivity index (χ1v) is 5.74. The van der Waals surface area contributed by atoms with Crippen LogP contribution in [0.25, 0.3) is 0 Å². The number of rotatable bonds is 5. The first kappa shape index (κ1) is 13.4. The van der Waals surface area contributed by atoms with Crippen LogP contribution in [0.15, 0.2) is 18.2 Å². The third kappa shape index (κ3) is 3.98. The lowest BCUT2D eigenvalue weighted by atomic mass is 9.98. The molecule has 0 atom stereocenters. The minimum Gasteiger partial charge on any atom is -0.496 e. The van der Waals surface area contributed by atoms with Crippen LogP contribution in [0, 0.1) is 0 Å². The van der Waals surface area contributed by atoms with Gasteiger partial charge in [0.2, 0.25) is 0 Å². The Morgan fingerprint density at radius 3 is 2.71 bits per heavy atom. The molecule has 2 amide bonds. The Morgan fingerprint density at radius 1 is 1.47 bits per heavy atom. The number of ether oxygens (including phenoxy) is 1. The number of nitrogens with two attached hydrogens (primary N) is 1. The van der Waals surface area contributed by atoms with Gasteiger partial charge in [-0.05, 0) is 29.5 Å². The van der Waals surface area contributed by atoms with Crippen molar-refractivity contribution < 1.29 is 9.53 Å². The van der Waals surface area contributed by atoms with E-state index in [1.54, 1.807) is 7.11 Å². The van der Waals surface area contributed by atoms with Crippen molar-refractivity contribution in [1.29, 1.82) is 0 Å². The standard InChI is InChI=1S/C13H20N2O2/c1-9(2)11-8-10(4-5-12(11)17-3)6-7-15-13(14)16/h4-5,8-9H,6-7H2,1-3H3,(H3,14,15,16). The highest BCUT2D eigenvalue weighted by Crippen LogP contribution is 2.27. The topological polar surface area (TPSA) is 64.3 Å².